The van der Waals surface area contributed by atoms with Crippen LogP contribution in [0.2, 0.25) is 10.0 Å². The van der Waals surface area contributed by atoms with E-state index in [4.69, 9.17) is 27.9 Å². The van der Waals surface area contributed by atoms with Crippen molar-refractivity contribution in [2.45, 2.75) is 13.0 Å². The topological polar surface area (TPSA) is 49.9 Å². The van der Waals surface area contributed by atoms with Gasteiger partial charge in [-0.3, -0.25) is 9.59 Å². The van der Waals surface area contributed by atoms with E-state index in [0.717, 1.165) is 0 Å². The normalized spacial score (nSPS) is 17.4. The van der Waals surface area contributed by atoms with Crippen molar-refractivity contribution in [2.75, 3.05) is 25.1 Å². The first-order valence-electron chi connectivity index (χ1n) is 8.14. The molecule has 7 heteroatoms. The van der Waals surface area contributed by atoms with Gasteiger partial charge in [-0.2, -0.15) is 0 Å². The van der Waals surface area contributed by atoms with Crippen LogP contribution in [0.4, 0.5) is 5.69 Å². The largest absolute Gasteiger partial charge is 0.495 e. The number of hydrogen-bond acceptors (Lipinski definition) is 3. The number of halogens is 2. The number of piperazine rings is 1. The number of carbonyl (C=O) groups excluding carboxylic acids is 2. The van der Waals surface area contributed by atoms with Crippen LogP contribution in [0.25, 0.3) is 0 Å². The Hall–Kier alpha value is -2.24. The number of amides is 2. The Morgan fingerprint density at radius 1 is 1.15 bits per heavy atom. The van der Waals surface area contributed by atoms with Crippen molar-refractivity contribution in [3.8, 4) is 5.75 Å². The summed E-state index contributed by atoms with van der Waals surface area (Å²) in [5, 5.41) is 0.728. The molecule has 0 aliphatic carbocycles. The number of carbonyl (C=O) groups is 2. The fourth-order valence-electron chi connectivity index (χ4n) is 3.06. The van der Waals surface area contributed by atoms with Gasteiger partial charge >= 0.3 is 0 Å². The highest BCUT2D eigenvalue weighted by atomic mass is 35.5. The van der Waals surface area contributed by atoms with Crippen molar-refractivity contribution >= 4 is 40.7 Å². The number of benzene rings is 2. The minimum atomic E-state index is -0.618. The molecule has 1 atom stereocenters. The second-order valence-electron chi connectivity index (χ2n) is 5.96. The Labute approximate surface area is 162 Å². The van der Waals surface area contributed by atoms with Crippen LogP contribution in [0.5, 0.6) is 5.75 Å². The van der Waals surface area contributed by atoms with Gasteiger partial charge in [0, 0.05) is 18.1 Å². The molecule has 1 heterocycles. The van der Waals surface area contributed by atoms with Gasteiger partial charge in [0.15, 0.2) is 0 Å². The molecule has 1 fully saturated rings. The molecule has 0 N–H and O–H groups in total. The van der Waals surface area contributed by atoms with Crippen LogP contribution in [-0.2, 0) is 4.79 Å². The van der Waals surface area contributed by atoms with Gasteiger partial charge in [-0.05, 0) is 37.3 Å². The molecule has 1 unspecified atom stereocenters. The van der Waals surface area contributed by atoms with E-state index in [2.05, 4.69) is 0 Å². The summed E-state index contributed by atoms with van der Waals surface area (Å²) in [5.41, 5.74) is 1.03. The predicted molar refractivity (Wildman–Crippen MR) is 102 cm³/mol. The Morgan fingerprint density at radius 2 is 1.88 bits per heavy atom. The summed E-state index contributed by atoms with van der Waals surface area (Å²) >= 11 is 12.0. The maximum Gasteiger partial charge on any atom is 0.256 e. The molecule has 26 heavy (non-hydrogen) atoms. The quantitative estimate of drug-likeness (QED) is 0.796. The summed E-state index contributed by atoms with van der Waals surface area (Å²) in [6.07, 6.45) is 0. The van der Waals surface area contributed by atoms with Gasteiger partial charge in [0.1, 0.15) is 11.8 Å². The van der Waals surface area contributed by atoms with Crippen molar-refractivity contribution < 1.29 is 14.3 Å². The van der Waals surface area contributed by atoms with E-state index in [-0.39, 0.29) is 16.8 Å². The third-order valence-electron chi connectivity index (χ3n) is 4.45. The number of hydrogen-bond donors (Lipinski definition) is 0. The number of methoxy groups -OCH3 is 1. The molecular weight excluding hydrogens is 375 g/mol. The lowest BCUT2D eigenvalue weighted by Crippen LogP contribution is -2.57. The lowest BCUT2D eigenvalue weighted by Gasteiger charge is -2.39. The molecular formula is C19H18Cl2N2O3. The van der Waals surface area contributed by atoms with Crippen LogP contribution in [0.3, 0.4) is 0 Å². The number of ether oxygens (including phenoxy) is 1. The zero-order chi connectivity index (χ0) is 18.8. The highest BCUT2D eigenvalue weighted by Gasteiger charge is 2.36. The first-order chi connectivity index (χ1) is 12.4. The lowest BCUT2D eigenvalue weighted by atomic mass is 10.1. The summed E-state index contributed by atoms with van der Waals surface area (Å²) in [4.78, 5) is 28.9. The molecule has 0 spiro atoms. The highest BCUT2D eigenvalue weighted by Crippen LogP contribution is 2.31. The summed E-state index contributed by atoms with van der Waals surface area (Å²) in [7, 11) is 1.56. The van der Waals surface area contributed by atoms with Crippen molar-refractivity contribution in [1.82, 2.24) is 4.90 Å². The van der Waals surface area contributed by atoms with E-state index in [1.165, 1.54) is 11.0 Å². The molecule has 2 aromatic carbocycles. The van der Waals surface area contributed by atoms with Crippen LogP contribution < -0.4 is 9.64 Å². The third kappa shape index (κ3) is 3.37. The zero-order valence-electron chi connectivity index (χ0n) is 14.4. The summed E-state index contributed by atoms with van der Waals surface area (Å²) in [5.74, 6) is 0.167. The average Bonchev–Trinajstić information content (AvgIpc) is 2.63. The van der Waals surface area contributed by atoms with E-state index >= 15 is 0 Å². The summed E-state index contributed by atoms with van der Waals surface area (Å²) in [6.45, 7) is 2.48. The molecule has 136 valence electrons. The second-order valence-corrected chi connectivity index (χ2v) is 6.80. The number of para-hydroxylation sites is 2. The lowest BCUT2D eigenvalue weighted by molar-refractivity contribution is -0.124. The van der Waals surface area contributed by atoms with Gasteiger partial charge in [-0.15, -0.1) is 0 Å². The van der Waals surface area contributed by atoms with E-state index < -0.39 is 6.04 Å². The van der Waals surface area contributed by atoms with Crippen molar-refractivity contribution in [1.29, 1.82) is 0 Å². The second kappa shape index (κ2) is 7.56. The SMILES string of the molecule is COc1ccccc1N1CCN(C(=O)c2ccc(Cl)cc2Cl)C(C)C1=O. The summed E-state index contributed by atoms with van der Waals surface area (Å²) in [6, 6.07) is 11.4. The van der Waals surface area contributed by atoms with Crippen LogP contribution in [0.1, 0.15) is 17.3 Å². The molecule has 0 saturated carbocycles. The van der Waals surface area contributed by atoms with Gasteiger partial charge in [0.05, 0.1) is 23.4 Å². The van der Waals surface area contributed by atoms with Gasteiger partial charge in [-0.1, -0.05) is 35.3 Å². The van der Waals surface area contributed by atoms with Crippen LogP contribution in [-0.4, -0.2) is 43.0 Å². The van der Waals surface area contributed by atoms with Crippen molar-refractivity contribution in [3.05, 3.63) is 58.1 Å². The smallest absolute Gasteiger partial charge is 0.256 e. The van der Waals surface area contributed by atoms with Gasteiger partial charge in [0.2, 0.25) is 5.91 Å². The average molecular weight is 393 g/mol. The van der Waals surface area contributed by atoms with Crippen molar-refractivity contribution in [2.24, 2.45) is 0 Å². The molecule has 1 aliphatic rings. The number of nitrogens with zero attached hydrogens (tertiary/aromatic N) is 2. The Bertz CT molecular complexity index is 856. The number of rotatable bonds is 3. The van der Waals surface area contributed by atoms with Crippen LogP contribution >= 0.6 is 23.2 Å². The molecule has 0 bridgehead atoms. The van der Waals surface area contributed by atoms with Crippen LogP contribution in [0.15, 0.2) is 42.5 Å². The van der Waals surface area contributed by atoms with Crippen molar-refractivity contribution in [3.63, 3.8) is 0 Å². The highest BCUT2D eigenvalue weighted by molar-refractivity contribution is 6.36. The first-order valence-corrected chi connectivity index (χ1v) is 8.90. The van der Waals surface area contributed by atoms with Gasteiger partial charge < -0.3 is 14.5 Å². The standard InChI is InChI=1S/C19H18Cl2N2O3/c1-12-18(24)23(16-5-3-4-6-17(16)26-2)10-9-22(12)19(25)14-8-7-13(20)11-15(14)21/h3-8,11-12H,9-10H2,1-2H3. The molecule has 2 aromatic rings. The fourth-order valence-corrected chi connectivity index (χ4v) is 3.55. The molecule has 3 rings (SSSR count). The van der Waals surface area contributed by atoms with Gasteiger partial charge in [0.25, 0.3) is 5.91 Å². The Balaban J connectivity index is 1.85. The molecule has 1 saturated heterocycles. The summed E-state index contributed by atoms with van der Waals surface area (Å²) < 4.78 is 5.35. The Morgan fingerprint density at radius 3 is 2.58 bits per heavy atom. The molecule has 2 amide bonds. The van der Waals surface area contributed by atoms with Crippen LogP contribution in [0, 0.1) is 0 Å². The minimum absolute atomic E-state index is 0.167. The molecule has 5 nitrogen and oxygen atoms in total. The van der Waals surface area contributed by atoms with E-state index in [1.54, 1.807) is 37.1 Å². The fraction of sp³-hybridized carbons (Fsp3) is 0.263. The van der Waals surface area contributed by atoms with E-state index in [0.29, 0.717) is 35.1 Å². The molecule has 0 aromatic heterocycles. The predicted octanol–water partition coefficient (Wildman–Crippen LogP) is 3.88. The van der Waals surface area contributed by atoms with E-state index in [1.807, 2.05) is 18.2 Å². The zero-order valence-corrected chi connectivity index (χ0v) is 15.9. The third-order valence-corrected chi connectivity index (χ3v) is 5.00. The Kier molecular flexibility index (Phi) is 5.39. The minimum Gasteiger partial charge on any atom is -0.495 e. The maximum absolute atomic E-state index is 12.9. The first kappa shape index (κ1) is 18.5. The van der Waals surface area contributed by atoms with Gasteiger partial charge in [-0.25, -0.2) is 0 Å². The molecule has 0 radical (unpaired) electrons. The monoisotopic (exact) mass is 392 g/mol. The van der Waals surface area contributed by atoms with E-state index in [9.17, 15) is 9.59 Å². The molecule has 1 aliphatic heterocycles. The number of anilines is 1. The maximum atomic E-state index is 12.9.